The van der Waals surface area contributed by atoms with Gasteiger partial charge in [0.1, 0.15) is 23.6 Å². The quantitative estimate of drug-likeness (QED) is 0.841. The Morgan fingerprint density at radius 1 is 1.25 bits per heavy atom. The molecule has 0 N–H and O–H groups in total. The summed E-state index contributed by atoms with van der Waals surface area (Å²) < 4.78 is 25.1. The molecular formula is C18H27FN2O3. The number of hydrogen-bond acceptors (Lipinski definition) is 4. The summed E-state index contributed by atoms with van der Waals surface area (Å²) in [5.74, 6) is 0.628. The molecule has 24 heavy (non-hydrogen) atoms. The minimum atomic E-state index is -0.890. The van der Waals surface area contributed by atoms with E-state index in [0.717, 1.165) is 11.4 Å². The average molecular weight is 338 g/mol. The molecular weight excluding hydrogens is 311 g/mol. The summed E-state index contributed by atoms with van der Waals surface area (Å²) in [7, 11) is 0. The first-order chi connectivity index (χ1) is 11.1. The van der Waals surface area contributed by atoms with Crippen LogP contribution in [0.2, 0.25) is 0 Å². The molecule has 1 aromatic rings. The lowest BCUT2D eigenvalue weighted by atomic mass is 9.92. The average Bonchev–Trinajstić information content (AvgIpc) is 2.45. The van der Waals surface area contributed by atoms with E-state index in [0.29, 0.717) is 31.7 Å². The molecule has 134 valence electrons. The number of alkyl halides is 1. The molecule has 1 aromatic heterocycles. The molecule has 1 aliphatic heterocycles. The smallest absolute Gasteiger partial charge is 0.410 e. The van der Waals surface area contributed by atoms with Crippen LogP contribution in [0.3, 0.4) is 0 Å². The lowest BCUT2D eigenvalue weighted by Crippen LogP contribution is -2.52. The van der Waals surface area contributed by atoms with Gasteiger partial charge in [0.15, 0.2) is 0 Å². The predicted molar refractivity (Wildman–Crippen MR) is 90.1 cm³/mol. The normalized spacial score (nSPS) is 17.5. The van der Waals surface area contributed by atoms with Gasteiger partial charge < -0.3 is 14.4 Å². The maximum Gasteiger partial charge on any atom is 0.410 e. The van der Waals surface area contributed by atoms with Crippen molar-refractivity contribution in [3.63, 3.8) is 0 Å². The van der Waals surface area contributed by atoms with Crippen molar-refractivity contribution >= 4 is 6.09 Å². The zero-order chi connectivity index (χ0) is 18.0. The van der Waals surface area contributed by atoms with E-state index in [1.807, 2.05) is 46.8 Å². The van der Waals surface area contributed by atoms with Crippen LogP contribution in [0, 0.1) is 13.8 Å². The van der Waals surface area contributed by atoms with Crippen LogP contribution in [0.5, 0.6) is 5.75 Å². The Morgan fingerprint density at radius 3 is 2.25 bits per heavy atom. The Bertz CT molecular complexity index is 570. The molecule has 0 spiro atoms. The van der Waals surface area contributed by atoms with Crippen molar-refractivity contribution in [1.29, 1.82) is 0 Å². The van der Waals surface area contributed by atoms with E-state index < -0.39 is 17.9 Å². The molecule has 2 rings (SSSR count). The van der Waals surface area contributed by atoms with Gasteiger partial charge >= 0.3 is 6.09 Å². The third-order valence-corrected chi connectivity index (χ3v) is 3.96. The minimum Gasteiger partial charge on any atom is -0.484 e. The Balaban J connectivity index is 2.02. The predicted octanol–water partition coefficient (Wildman–Crippen LogP) is 3.82. The summed E-state index contributed by atoms with van der Waals surface area (Å²) >= 11 is 0. The van der Waals surface area contributed by atoms with Crippen LogP contribution in [0.4, 0.5) is 9.18 Å². The maximum absolute atomic E-state index is 13.7. The number of nitrogens with zero attached hydrogens (tertiary/aromatic N) is 2. The molecule has 6 heteroatoms. The summed E-state index contributed by atoms with van der Waals surface area (Å²) in [4.78, 5) is 18.0. The molecule has 2 heterocycles. The van der Waals surface area contributed by atoms with Crippen molar-refractivity contribution in [2.75, 3.05) is 19.8 Å². The number of rotatable bonds is 3. The highest BCUT2D eigenvalue weighted by Crippen LogP contribution is 2.30. The van der Waals surface area contributed by atoms with Gasteiger partial charge in [0.05, 0.1) is 0 Å². The Labute approximate surface area is 143 Å². The number of aryl methyl sites for hydroxylation is 2. The molecule has 1 amide bonds. The first-order valence-corrected chi connectivity index (χ1v) is 8.31. The highest BCUT2D eigenvalue weighted by molar-refractivity contribution is 5.68. The largest absolute Gasteiger partial charge is 0.484 e. The van der Waals surface area contributed by atoms with Crippen LogP contribution >= 0.6 is 0 Å². The number of ether oxygens (including phenoxy) is 2. The zero-order valence-corrected chi connectivity index (χ0v) is 15.2. The van der Waals surface area contributed by atoms with Gasteiger partial charge in [-0.05, 0) is 34.6 Å². The van der Waals surface area contributed by atoms with E-state index in [-0.39, 0.29) is 6.09 Å². The standard InChI is InChI=1S/C18H27FN2O3/c1-13-10-15(11-14(2)20-13)23-18(12-19)6-8-21(9-7-18)16(22)24-17(3,4)5/h10-11H,6-9,12H2,1-5H3. The highest BCUT2D eigenvalue weighted by Gasteiger charge is 2.39. The Hall–Kier alpha value is -1.85. The van der Waals surface area contributed by atoms with Crippen LogP contribution in [0.15, 0.2) is 12.1 Å². The van der Waals surface area contributed by atoms with Crippen molar-refractivity contribution in [2.45, 2.75) is 58.7 Å². The SMILES string of the molecule is Cc1cc(OC2(CF)CCN(C(=O)OC(C)(C)C)CC2)cc(C)n1. The number of aromatic nitrogens is 1. The number of halogens is 1. The number of hydrogen-bond donors (Lipinski definition) is 0. The second kappa shape index (κ2) is 6.95. The van der Waals surface area contributed by atoms with Crippen molar-refractivity contribution in [3.05, 3.63) is 23.5 Å². The van der Waals surface area contributed by atoms with Gasteiger partial charge in [-0.2, -0.15) is 0 Å². The third-order valence-electron chi connectivity index (χ3n) is 3.96. The van der Waals surface area contributed by atoms with E-state index >= 15 is 0 Å². The minimum absolute atomic E-state index is 0.356. The number of piperidine rings is 1. The van der Waals surface area contributed by atoms with E-state index in [1.54, 1.807) is 4.90 Å². The number of carbonyl (C=O) groups excluding carboxylic acids is 1. The van der Waals surface area contributed by atoms with Crippen molar-refractivity contribution in [2.24, 2.45) is 0 Å². The van der Waals surface area contributed by atoms with E-state index in [2.05, 4.69) is 4.98 Å². The first kappa shape index (κ1) is 18.5. The summed E-state index contributed by atoms with van der Waals surface area (Å²) in [6.07, 6.45) is 0.511. The van der Waals surface area contributed by atoms with Gasteiger partial charge in [-0.25, -0.2) is 9.18 Å². The van der Waals surface area contributed by atoms with E-state index in [9.17, 15) is 9.18 Å². The highest BCUT2D eigenvalue weighted by atomic mass is 19.1. The zero-order valence-electron chi connectivity index (χ0n) is 15.2. The summed E-state index contributed by atoms with van der Waals surface area (Å²) in [5, 5.41) is 0. The molecule has 0 unspecified atom stereocenters. The fourth-order valence-electron chi connectivity index (χ4n) is 2.79. The second-order valence-corrected chi connectivity index (χ2v) is 7.47. The Morgan fingerprint density at radius 2 is 1.79 bits per heavy atom. The van der Waals surface area contributed by atoms with E-state index in [4.69, 9.17) is 9.47 Å². The third kappa shape index (κ3) is 4.82. The van der Waals surface area contributed by atoms with Gasteiger partial charge in [0, 0.05) is 49.5 Å². The van der Waals surface area contributed by atoms with Crippen molar-refractivity contribution < 1.29 is 18.7 Å². The summed E-state index contributed by atoms with van der Waals surface area (Å²) in [5.41, 5.74) is 0.253. The summed E-state index contributed by atoms with van der Waals surface area (Å²) in [6.45, 7) is 9.51. The van der Waals surface area contributed by atoms with Crippen LogP contribution in [0.25, 0.3) is 0 Å². The molecule has 1 fully saturated rings. The molecule has 5 nitrogen and oxygen atoms in total. The first-order valence-electron chi connectivity index (χ1n) is 8.31. The van der Waals surface area contributed by atoms with Gasteiger partial charge in [-0.1, -0.05) is 0 Å². The fraction of sp³-hybridized carbons (Fsp3) is 0.667. The lowest BCUT2D eigenvalue weighted by Gasteiger charge is -2.40. The van der Waals surface area contributed by atoms with Gasteiger partial charge in [0.2, 0.25) is 0 Å². The van der Waals surface area contributed by atoms with E-state index in [1.165, 1.54) is 0 Å². The van der Waals surface area contributed by atoms with Gasteiger partial charge in [-0.3, -0.25) is 4.98 Å². The topological polar surface area (TPSA) is 51.7 Å². The maximum atomic E-state index is 13.7. The molecule has 1 aliphatic rings. The lowest BCUT2D eigenvalue weighted by molar-refractivity contribution is -0.0288. The molecule has 0 radical (unpaired) electrons. The molecule has 0 aromatic carbocycles. The second-order valence-electron chi connectivity index (χ2n) is 7.47. The van der Waals surface area contributed by atoms with Crippen molar-refractivity contribution in [1.82, 2.24) is 9.88 Å². The van der Waals surface area contributed by atoms with Crippen LogP contribution in [-0.4, -0.2) is 46.9 Å². The summed E-state index contributed by atoms with van der Waals surface area (Å²) in [6, 6.07) is 3.62. The monoisotopic (exact) mass is 338 g/mol. The number of carbonyl (C=O) groups is 1. The van der Waals surface area contributed by atoms with Crippen molar-refractivity contribution in [3.8, 4) is 5.75 Å². The van der Waals surface area contributed by atoms with Gasteiger partial charge in [-0.15, -0.1) is 0 Å². The van der Waals surface area contributed by atoms with Crippen LogP contribution in [0.1, 0.15) is 45.0 Å². The fourth-order valence-corrected chi connectivity index (χ4v) is 2.79. The number of amides is 1. The molecule has 0 atom stereocenters. The number of pyridine rings is 1. The molecule has 1 saturated heterocycles. The molecule has 0 aliphatic carbocycles. The van der Waals surface area contributed by atoms with Crippen LogP contribution < -0.4 is 4.74 Å². The molecule has 0 saturated carbocycles. The number of likely N-dealkylation sites (tertiary alicyclic amines) is 1. The molecule has 0 bridgehead atoms. The Kier molecular flexibility index (Phi) is 5.35. The van der Waals surface area contributed by atoms with Gasteiger partial charge in [0.25, 0.3) is 0 Å². The van der Waals surface area contributed by atoms with Crippen LogP contribution in [-0.2, 0) is 4.74 Å².